The third-order valence-electron chi connectivity index (χ3n) is 4.72. The molecule has 27 heavy (non-hydrogen) atoms. The van der Waals surface area contributed by atoms with Crippen molar-refractivity contribution in [3.8, 4) is 16.3 Å². The number of aryl methyl sites for hydroxylation is 1. The molecule has 2 aromatic heterocycles. The Morgan fingerprint density at radius 1 is 0.963 bits per heavy atom. The summed E-state index contributed by atoms with van der Waals surface area (Å²) in [6.07, 6.45) is 2.18. The quantitative estimate of drug-likeness (QED) is 0.285. The molecule has 134 valence electrons. The van der Waals surface area contributed by atoms with Crippen molar-refractivity contribution in [1.82, 2.24) is 9.55 Å². The van der Waals surface area contributed by atoms with Gasteiger partial charge in [0.05, 0.1) is 16.8 Å². The molecule has 0 N–H and O–H groups in total. The third kappa shape index (κ3) is 3.15. The van der Waals surface area contributed by atoms with Gasteiger partial charge in [0.15, 0.2) is 11.0 Å². The number of para-hydroxylation sites is 2. The summed E-state index contributed by atoms with van der Waals surface area (Å²) in [6, 6.07) is 25.4. The summed E-state index contributed by atoms with van der Waals surface area (Å²) in [5, 5.41) is 1.07. The van der Waals surface area contributed by atoms with Crippen LogP contribution in [-0.4, -0.2) is 9.55 Å². The molecule has 0 unspecified atom stereocenters. The first kappa shape index (κ1) is 18.1. The van der Waals surface area contributed by atoms with E-state index in [0.717, 1.165) is 17.1 Å². The van der Waals surface area contributed by atoms with Crippen LogP contribution < -0.4 is 28.5 Å². The fraction of sp³-hybridized carbons (Fsp3) is 0.0909. The van der Waals surface area contributed by atoms with Crippen LogP contribution in [0.15, 0.2) is 79.1 Å². The second-order valence-corrected chi connectivity index (χ2v) is 7.33. The molecule has 0 amide bonds. The highest BCUT2D eigenvalue weighted by molar-refractivity contribution is 7.21. The van der Waals surface area contributed by atoms with E-state index in [2.05, 4.69) is 83.0 Å². The lowest BCUT2D eigenvalue weighted by atomic mass is 10.2. The molecule has 5 rings (SSSR count). The molecule has 0 aliphatic heterocycles. The van der Waals surface area contributed by atoms with Gasteiger partial charge in [-0.25, -0.2) is 9.55 Å². The number of halogens is 1. The van der Waals surface area contributed by atoms with Gasteiger partial charge in [-0.2, -0.15) is 4.57 Å². The first-order valence-corrected chi connectivity index (χ1v) is 9.61. The fourth-order valence-electron chi connectivity index (χ4n) is 3.40. The third-order valence-corrected chi connectivity index (χ3v) is 5.80. The number of hydrogen-bond acceptors (Lipinski definition) is 2. The maximum absolute atomic E-state index is 4.81. The van der Waals surface area contributed by atoms with Crippen LogP contribution in [0.2, 0.25) is 0 Å². The van der Waals surface area contributed by atoms with E-state index in [1.807, 2.05) is 12.1 Å². The topological polar surface area (TPSA) is 21.7 Å². The summed E-state index contributed by atoms with van der Waals surface area (Å²) in [5.74, 6) is 0. The molecule has 0 atom stereocenters. The Hall–Kier alpha value is -2.25. The first-order chi connectivity index (χ1) is 12.8. The molecule has 0 aliphatic carbocycles. The summed E-state index contributed by atoms with van der Waals surface area (Å²) in [5.41, 5.74) is 5.86. The molecule has 0 bridgehead atoms. The zero-order chi connectivity index (χ0) is 17.5. The van der Waals surface area contributed by atoms with Gasteiger partial charge in [0, 0.05) is 5.56 Å². The summed E-state index contributed by atoms with van der Waals surface area (Å²) in [7, 11) is 0. The van der Waals surface area contributed by atoms with Crippen LogP contribution in [0.3, 0.4) is 0 Å². The molecule has 0 aliphatic rings. The summed E-state index contributed by atoms with van der Waals surface area (Å²) < 4.78 is 5.77. The number of rotatable bonds is 3. The van der Waals surface area contributed by atoms with Crippen molar-refractivity contribution in [1.29, 1.82) is 0 Å². The minimum absolute atomic E-state index is 0. The van der Waals surface area contributed by atoms with Crippen LogP contribution in [0.5, 0.6) is 0 Å². The van der Waals surface area contributed by atoms with E-state index in [0.29, 0.717) is 0 Å². The van der Waals surface area contributed by atoms with Gasteiger partial charge in [0.25, 0.3) is 0 Å². The average molecular weight is 483 g/mol. The number of thiazole rings is 1. The number of benzene rings is 3. The standard InChI is InChI=1S/C22H18N3S.HI/c1-2-24-15-25(17-8-4-3-5-9-17)19-13-12-16(14-20(19)24)22-23-18-10-6-7-11-21(18)26-22;/h3-15H,2H2,1H3;1H/q+1;/p-1. The van der Waals surface area contributed by atoms with E-state index < -0.39 is 0 Å². The Labute approximate surface area is 178 Å². The molecule has 3 aromatic carbocycles. The highest BCUT2D eigenvalue weighted by Gasteiger charge is 2.18. The number of aromatic nitrogens is 3. The normalized spacial score (nSPS) is 11.0. The molecule has 0 radical (unpaired) electrons. The van der Waals surface area contributed by atoms with Gasteiger partial charge in [-0.05, 0) is 49.4 Å². The van der Waals surface area contributed by atoms with E-state index in [4.69, 9.17) is 4.98 Å². The van der Waals surface area contributed by atoms with Crippen LogP contribution in [0.1, 0.15) is 6.92 Å². The van der Waals surface area contributed by atoms with Crippen molar-refractivity contribution in [2.75, 3.05) is 0 Å². The fourth-order valence-corrected chi connectivity index (χ4v) is 4.36. The highest BCUT2D eigenvalue weighted by atomic mass is 127. The summed E-state index contributed by atoms with van der Waals surface area (Å²) in [4.78, 5) is 4.81. The lowest BCUT2D eigenvalue weighted by molar-refractivity contribution is -0.668. The van der Waals surface area contributed by atoms with Crippen LogP contribution in [-0.2, 0) is 6.54 Å². The number of nitrogens with zero attached hydrogens (tertiary/aromatic N) is 3. The van der Waals surface area contributed by atoms with E-state index >= 15 is 0 Å². The smallest absolute Gasteiger partial charge is 0.249 e. The lowest BCUT2D eigenvalue weighted by Gasteiger charge is -1.98. The predicted octanol–water partition coefficient (Wildman–Crippen LogP) is 2.22. The Kier molecular flexibility index (Phi) is 4.97. The minimum Gasteiger partial charge on any atom is -1.00 e. The maximum Gasteiger partial charge on any atom is 0.249 e. The number of fused-ring (bicyclic) bond motifs is 2. The van der Waals surface area contributed by atoms with Gasteiger partial charge >= 0.3 is 0 Å². The van der Waals surface area contributed by atoms with Gasteiger partial charge in [-0.1, -0.05) is 30.3 Å². The van der Waals surface area contributed by atoms with Crippen LogP contribution >= 0.6 is 11.3 Å². The highest BCUT2D eigenvalue weighted by Crippen LogP contribution is 2.31. The van der Waals surface area contributed by atoms with E-state index in [9.17, 15) is 0 Å². The van der Waals surface area contributed by atoms with Crippen molar-refractivity contribution in [2.45, 2.75) is 13.5 Å². The van der Waals surface area contributed by atoms with Crippen molar-refractivity contribution >= 4 is 32.6 Å². The molecule has 0 fully saturated rings. The van der Waals surface area contributed by atoms with Gasteiger partial charge in [0.1, 0.15) is 10.7 Å². The molecule has 0 saturated heterocycles. The molecule has 0 spiro atoms. The number of hydrogen-bond donors (Lipinski definition) is 0. The molecule has 2 heterocycles. The largest absolute Gasteiger partial charge is 1.00 e. The van der Waals surface area contributed by atoms with Gasteiger partial charge in [0.2, 0.25) is 6.33 Å². The second-order valence-electron chi connectivity index (χ2n) is 6.30. The van der Waals surface area contributed by atoms with Crippen molar-refractivity contribution in [3.05, 3.63) is 79.1 Å². The van der Waals surface area contributed by atoms with Crippen molar-refractivity contribution in [3.63, 3.8) is 0 Å². The van der Waals surface area contributed by atoms with Gasteiger partial charge in [-0.15, -0.1) is 11.3 Å². The molecule has 0 saturated carbocycles. The molecule has 3 nitrogen and oxygen atoms in total. The van der Waals surface area contributed by atoms with Crippen molar-refractivity contribution in [2.24, 2.45) is 0 Å². The van der Waals surface area contributed by atoms with Crippen LogP contribution in [0, 0.1) is 0 Å². The Bertz CT molecular complexity index is 1190. The van der Waals surface area contributed by atoms with E-state index in [1.54, 1.807) is 11.3 Å². The molecular formula is C22H18IN3S. The molecule has 5 heteroatoms. The Balaban J connectivity index is 0.00000180. The minimum atomic E-state index is 0. The van der Waals surface area contributed by atoms with E-state index in [-0.39, 0.29) is 24.0 Å². The SMILES string of the molecule is CC[n+]1cn(-c2ccccc2)c2ccc(-c3nc4ccccc4s3)cc21.[I-]. The van der Waals surface area contributed by atoms with Crippen LogP contribution in [0.25, 0.3) is 37.5 Å². The first-order valence-electron chi connectivity index (χ1n) is 8.79. The maximum atomic E-state index is 4.81. The Morgan fingerprint density at radius 2 is 1.74 bits per heavy atom. The average Bonchev–Trinajstić information content (AvgIpc) is 3.29. The van der Waals surface area contributed by atoms with E-state index in [1.165, 1.54) is 27.0 Å². The second kappa shape index (κ2) is 7.40. The Morgan fingerprint density at radius 3 is 2.52 bits per heavy atom. The summed E-state index contributed by atoms with van der Waals surface area (Å²) >= 11 is 1.75. The van der Waals surface area contributed by atoms with Crippen molar-refractivity contribution < 1.29 is 28.5 Å². The lowest BCUT2D eigenvalue weighted by Crippen LogP contribution is -3.00. The van der Waals surface area contributed by atoms with Crippen LogP contribution in [0.4, 0.5) is 0 Å². The zero-order valence-electron chi connectivity index (χ0n) is 14.8. The zero-order valence-corrected chi connectivity index (χ0v) is 17.8. The monoisotopic (exact) mass is 483 g/mol. The molecular weight excluding hydrogens is 465 g/mol. The number of imidazole rings is 1. The van der Waals surface area contributed by atoms with Gasteiger partial charge in [-0.3, -0.25) is 0 Å². The summed E-state index contributed by atoms with van der Waals surface area (Å²) in [6.45, 7) is 3.11. The predicted molar refractivity (Wildman–Crippen MR) is 108 cm³/mol. The molecule has 5 aromatic rings. The van der Waals surface area contributed by atoms with Gasteiger partial charge < -0.3 is 24.0 Å².